The van der Waals surface area contributed by atoms with E-state index >= 15 is 0 Å². The summed E-state index contributed by atoms with van der Waals surface area (Å²) in [5.41, 5.74) is 2.18. The van der Waals surface area contributed by atoms with Crippen LogP contribution < -0.4 is 5.32 Å². The van der Waals surface area contributed by atoms with E-state index in [1.54, 1.807) is 0 Å². The van der Waals surface area contributed by atoms with Crippen LogP contribution in [0.15, 0.2) is 12.4 Å². The Bertz CT molecular complexity index is 369. The minimum absolute atomic E-state index is 0.240. The Morgan fingerprint density at radius 1 is 1.41 bits per heavy atom. The van der Waals surface area contributed by atoms with Gasteiger partial charge in [-0.15, -0.1) is 0 Å². The molecule has 0 aromatic carbocycles. The van der Waals surface area contributed by atoms with Crippen molar-refractivity contribution >= 4 is 0 Å². The molecule has 0 aliphatic heterocycles. The van der Waals surface area contributed by atoms with Gasteiger partial charge in [-0.3, -0.25) is 4.68 Å². The fourth-order valence-corrected chi connectivity index (χ4v) is 2.16. The van der Waals surface area contributed by atoms with Gasteiger partial charge >= 0.3 is 0 Å². The average molecular weight is 235 g/mol. The lowest BCUT2D eigenvalue weighted by atomic mass is 9.96. The highest BCUT2D eigenvalue weighted by Gasteiger charge is 2.42. The standard InChI is InChI=1S/C14H25N3/c1-13(2,3)15-11-14(7-8-14)6-5-12-9-16-17(4)10-12/h9-10,15H,5-8,11H2,1-4H3. The summed E-state index contributed by atoms with van der Waals surface area (Å²) in [5.74, 6) is 0. The molecular weight excluding hydrogens is 210 g/mol. The average Bonchev–Trinajstić information content (AvgIpc) is 2.89. The predicted molar refractivity (Wildman–Crippen MR) is 71.0 cm³/mol. The van der Waals surface area contributed by atoms with Gasteiger partial charge in [0.05, 0.1) is 6.20 Å². The summed E-state index contributed by atoms with van der Waals surface area (Å²) in [6, 6.07) is 0. The molecule has 0 saturated heterocycles. The lowest BCUT2D eigenvalue weighted by molar-refractivity contribution is 0.344. The minimum atomic E-state index is 0.240. The minimum Gasteiger partial charge on any atom is -0.312 e. The van der Waals surface area contributed by atoms with Gasteiger partial charge in [0.1, 0.15) is 0 Å². The summed E-state index contributed by atoms with van der Waals surface area (Å²) in [5, 5.41) is 7.87. The first-order valence-corrected chi connectivity index (χ1v) is 6.61. The SMILES string of the molecule is Cn1cc(CCC2(CNC(C)(C)C)CC2)cn1. The number of nitrogens with one attached hydrogen (secondary N) is 1. The van der Waals surface area contributed by atoms with Gasteiger partial charge in [0.15, 0.2) is 0 Å². The molecule has 17 heavy (non-hydrogen) atoms. The van der Waals surface area contributed by atoms with Crippen LogP contribution in [0.25, 0.3) is 0 Å². The van der Waals surface area contributed by atoms with Gasteiger partial charge in [-0.1, -0.05) is 0 Å². The van der Waals surface area contributed by atoms with E-state index < -0.39 is 0 Å². The van der Waals surface area contributed by atoms with Gasteiger partial charge in [0.2, 0.25) is 0 Å². The van der Waals surface area contributed by atoms with E-state index in [-0.39, 0.29) is 5.54 Å². The fraction of sp³-hybridized carbons (Fsp3) is 0.786. The molecule has 0 radical (unpaired) electrons. The van der Waals surface area contributed by atoms with Crippen LogP contribution in [0.2, 0.25) is 0 Å². The summed E-state index contributed by atoms with van der Waals surface area (Å²) in [4.78, 5) is 0. The van der Waals surface area contributed by atoms with E-state index in [0.29, 0.717) is 5.41 Å². The molecule has 1 saturated carbocycles. The highest BCUT2D eigenvalue weighted by atomic mass is 15.2. The van der Waals surface area contributed by atoms with Crippen LogP contribution in [0, 0.1) is 5.41 Å². The monoisotopic (exact) mass is 235 g/mol. The summed E-state index contributed by atoms with van der Waals surface area (Å²) in [6.45, 7) is 7.88. The van der Waals surface area contributed by atoms with Crippen molar-refractivity contribution in [2.45, 2.75) is 52.0 Å². The van der Waals surface area contributed by atoms with Gasteiger partial charge in [-0.2, -0.15) is 5.10 Å². The lowest BCUT2D eigenvalue weighted by Crippen LogP contribution is -2.39. The van der Waals surface area contributed by atoms with E-state index in [2.05, 4.69) is 37.4 Å². The first kappa shape index (κ1) is 12.6. The topological polar surface area (TPSA) is 29.9 Å². The zero-order valence-corrected chi connectivity index (χ0v) is 11.6. The van der Waals surface area contributed by atoms with E-state index in [1.165, 1.54) is 31.2 Å². The third kappa shape index (κ3) is 3.84. The Morgan fingerprint density at radius 2 is 2.12 bits per heavy atom. The van der Waals surface area contributed by atoms with E-state index in [4.69, 9.17) is 0 Å². The number of aromatic nitrogens is 2. The van der Waals surface area contributed by atoms with Crippen LogP contribution in [0.3, 0.4) is 0 Å². The third-order valence-corrected chi connectivity index (χ3v) is 3.65. The highest BCUT2D eigenvalue weighted by Crippen LogP contribution is 2.49. The zero-order valence-electron chi connectivity index (χ0n) is 11.6. The number of hydrogen-bond donors (Lipinski definition) is 1. The van der Waals surface area contributed by atoms with Gasteiger partial charge < -0.3 is 5.32 Å². The van der Waals surface area contributed by atoms with Crippen molar-refractivity contribution in [3.05, 3.63) is 18.0 Å². The van der Waals surface area contributed by atoms with Gasteiger partial charge in [0, 0.05) is 25.3 Å². The second kappa shape index (κ2) is 4.45. The first-order chi connectivity index (χ1) is 7.89. The third-order valence-electron chi connectivity index (χ3n) is 3.65. The largest absolute Gasteiger partial charge is 0.312 e. The molecule has 1 aromatic rings. The van der Waals surface area contributed by atoms with Crippen LogP contribution in [-0.2, 0) is 13.5 Å². The maximum atomic E-state index is 4.22. The van der Waals surface area contributed by atoms with Crippen LogP contribution in [0.5, 0.6) is 0 Å². The molecule has 1 aliphatic rings. The summed E-state index contributed by atoms with van der Waals surface area (Å²) in [7, 11) is 1.98. The second-order valence-corrected chi connectivity index (χ2v) is 6.63. The summed E-state index contributed by atoms with van der Waals surface area (Å²) < 4.78 is 1.89. The Kier molecular flexibility index (Phi) is 3.30. The van der Waals surface area contributed by atoms with Crippen molar-refractivity contribution in [2.24, 2.45) is 12.5 Å². The molecular formula is C14H25N3. The predicted octanol–water partition coefficient (Wildman–Crippen LogP) is 2.52. The Labute approximate surface area is 105 Å². The van der Waals surface area contributed by atoms with Crippen molar-refractivity contribution in [1.29, 1.82) is 0 Å². The Balaban J connectivity index is 1.78. The molecule has 3 heteroatoms. The lowest BCUT2D eigenvalue weighted by Gasteiger charge is -2.25. The first-order valence-electron chi connectivity index (χ1n) is 6.61. The van der Waals surface area contributed by atoms with Crippen molar-refractivity contribution in [3.63, 3.8) is 0 Å². The van der Waals surface area contributed by atoms with Crippen LogP contribution in [0.1, 0.15) is 45.6 Å². The molecule has 0 unspecified atom stereocenters. The smallest absolute Gasteiger partial charge is 0.0521 e. The number of rotatable bonds is 5. The number of hydrogen-bond acceptors (Lipinski definition) is 2. The van der Waals surface area contributed by atoms with Crippen molar-refractivity contribution in [3.8, 4) is 0 Å². The maximum absolute atomic E-state index is 4.22. The van der Waals surface area contributed by atoms with Crippen molar-refractivity contribution < 1.29 is 0 Å². The van der Waals surface area contributed by atoms with E-state index in [0.717, 1.165) is 6.54 Å². The molecule has 0 spiro atoms. The highest BCUT2D eigenvalue weighted by molar-refractivity contribution is 5.07. The fourth-order valence-electron chi connectivity index (χ4n) is 2.16. The maximum Gasteiger partial charge on any atom is 0.0521 e. The summed E-state index contributed by atoms with van der Waals surface area (Å²) in [6.07, 6.45) is 9.36. The number of nitrogens with zero attached hydrogens (tertiary/aromatic N) is 2. The van der Waals surface area contributed by atoms with Crippen LogP contribution >= 0.6 is 0 Å². The molecule has 1 fully saturated rings. The van der Waals surface area contributed by atoms with Crippen molar-refractivity contribution in [2.75, 3.05) is 6.54 Å². The zero-order chi connectivity index (χ0) is 12.5. The van der Waals surface area contributed by atoms with Crippen LogP contribution in [-0.4, -0.2) is 21.9 Å². The molecule has 0 amide bonds. The molecule has 2 rings (SSSR count). The van der Waals surface area contributed by atoms with E-state index in [1.807, 2.05) is 17.9 Å². The van der Waals surface area contributed by atoms with E-state index in [9.17, 15) is 0 Å². The van der Waals surface area contributed by atoms with Crippen molar-refractivity contribution in [1.82, 2.24) is 15.1 Å². The molecule has 96 valence electrons. The Morgan fingerprint density at radius 3 is 2.59 bits per heavy atom. The van der Waals surface area contributed by atoms with Gasteiger partial charge in [0.25, 0.3) is 0 Å². The second-order valence-electron chi connectivity index (χ2n) is 6.63. The molecule has 1 heterocycles. The molecule has 0 atom stereocenters. The quantitative estimate of drug-likeness (QED) is 0.850. The molecule has 1 aromatic heterocycles. The molecule has 0 bridgehead atoms. The molecule has 1 aliphatic carbocycles. The van der Waals surface area contributed by atoms with Crippen LogP contribution in [0.4, 0.5) is 0 Å². The molecule has 3 nitrogen and oxygen atoms in total. The molecule has 1 N–H and O–H groups in total. The van der Waals surface area contributed by atoms with Gasteiger partial charge in [-0.05, 0) is 57.4 Å². The normalized spacial score (nSPS) is 18.4. The Hall–Kier alpha value is -0.830. The summed E-state index contributed by atoms with van der Waals surface area (Å²) >= 11 is 0. The van der Waals surface area contributed by atoms with Gasteiger partial charge in [-0.25, -0.2) is 0 Å². The number of aryl methyl sites for hydroxylation is 2.